The van der Waals surface area contributed by atoms with Crippen molar-refractivity contribution in [1.29, 1.82) is 0 Å². The van der Waals surface area contributed by atoms with E-state index in [0.717, 1.165) is 0 Å². The largest absolute Gasteiger partial charge is 0.355 e. The molecule has 0 radical (unpaired) electrons. The fourth-order valence-electron chi connectivity index (χ4n) is 1.29. The van der Waals surface area contributed by atoms with Crippen LogP contribution in [0.3, 0.4) is 0 Å². The monoisotopic (exact) mass is 221 g/mol. The summed E-state index contributed by atoms with van der Waals surface area (Å²) in [7, 11) is -3.34. The maximum atomic E-state index is 11.5. The molecule has 1 rings (SSSR count). The van der Waals surface area contributed by atoms with Crippen LogP contribution in [-0.4, -0.2) is 50.6 Å². The maximum Gasteiger partial charge on any atom is 0.235 e. The molecule has 1 heterocycles. The summed E-state index contributed by atoms with van der Waals surface area (Å²) in [5.41, 5.74) is 5.19. The van der Waals surface area contributed by atoms with Crippen molar-refractivity contribution in [2.45, 2.75) is 6.42 Å². The molecule has 0 aliphatic carbocycles. The number of nitrogens with one attached hydrogen (secondary N) is 1. The van der Waals surface area contributed by atoms with Crippen molar-refractivity contribution in [2.24, 2.45) is 5.73 Å². The van der Waals surface area contributed by atoms with Crippen molar-refractivity contribution in [2.75, 3.05) is 31.9 Å². The first-order valence-corrected chi connectivity index (χ1v) is 6.12. The average Bonchev–Trinajstić information content (AvgIpc) is 2.30. The normalized spacial score (nSPS) is 20.2. The summed E-state index contributed by atoms with van der Waals surface area (Å²) in [4.78, 5) is 11.1. The first-order chi connectivity index (χ1) is 6.56. The molecule has 0 aromatic heterocycles. The lowest BCUT2D eigenvalue weighted by Gasteiger charge is -2.17. The second-order valence-corrected chi connectivity index (χ2v) is 5.23. The van der Waals surface area contributed by atoms with Gasteiger partial charge in [-0.2, -0.15) is 4.31 Å². The summed E-state index contributed by atoms with van der Waals surface area (Å²) in [5.74, 6) is -0.344. The minimum absolute atomic E-state index is 0.0810. The average molecular weight is 221 g/mol. The van der Waals surface area contributed by atoms with Gasteiger partial charge in [-0.05, 0) is 6.42 Å². The Bertz CT molecular complexity index is 301. The number of nitrogens with zero attached hydrogens (tertiary/aromatic N) is 1. The van der Waals surface area contributed by atoms with E-state index >= 15 is 0 Å². The lowest BCUT2D eigenvalue weighted by Crippen LogP contribution is -2.39. The van der Waals surface area contributed by atoms with Gasteiger partial charge in [-0.3, -0.25) is 4.79 Å². The molecule has 0 bridgehead atoms. The highest BCUT2D eigenvalue weighted by Crippen LogP contribution is 2.04. The Labute approximate surface area is 83.5 Å². The topological polar surface area (TPSA) is 92.5 Å². The first-order valence-electron chi connectivity index (χ1n) is 4.51. The fraction of sp³-hybridized carbons (Fsp3) is 0.857. The number of nitrogens with two attached hydrogens (primary N) is 1. The van der Waals surface area contributed by atoms with Gasteiger partial charge >= 0.3 is 0 Å². The minimum atomic E-state index is -3.34. The summed E-state index contributed by atoms with van der Waals surface area (Å²) in [6.45, 7) is 0.928. The van der Waals surface area contributed by atoms with E-state index in [0.29, 0.717) is 19.5 Å². The molecule has 0 aromatic carbocycles. The van der Waals surface area contributed by atoms with Gasteiger partial charge in [0.1, 0.15) is 0 Å². The van der Waals surface area contributed by atoms with Crippen LogP contribution in [0.4, 0.5) is 0 Å². The highest BCUT2D eigenvalue weighted by atomic mass is 32.2. The van der Waals surface area contributed by atoms with Gasteiger partial charge in [-0.15, -0.1) is 0 Å². The molecule has 0 saturated carbocycles. The van der Waals surface area contributed by atoms with E-state index in [1.165, 1.54) is 4.31 Å². The van der Waals surface area contributed by atoms with Gasteiger partial charge in [-0.1, -0.05) is 0 Å². The fourth-order valence-corrected chi connectivity index (χ4v) is 2.57. The SMILES string of the molecule is NCCS(=O)(=O)N1CCCNC(=O)C1. The lowest BCUT2D eigenvalue weighted by atomic mass is 10.4. The van der Waals surface area contributed by atoms with Crippen LogP contribution in [0.5, 0.6) is 0 Å². The van der Waals surface area contributed by atoms with Crippen molar-refractivity contribution in [3.05, 3.63) is 0 Å². The van der Waals surface area contributed by atoms with Crippen molar-refractivity contribution >= 4 is 15.9 Å². The van der Waals surface area contributed by atoms with Gasteiger partial charge in [0.2, 0.25) is 15.9 Å². The van der Waals surface area contributed by atoms with Crippen molar-refractivity contribution in [3.63, 3.8) is 0 Å². The Hall–Kier alpha value is -0.660. The molecule has 1 aliphatic rings. The zero-order valence-corrected chi connectivity index (χ0v) is 8.72. The molecule has 1 fully saturated rings. The molecule has 0 atom stereocenters. The Morgan fingerprint density at radius 1 is 1.50 bits per heavy atom. The number of sulfonamides is 1. The summed E-state index contributed by atoms with van der Waals surface area (Å²) < 4.78 is 24.3. The van der Waals surface area contributed by atoms with E-state index in [1.54, 1.807) is 0 Å². The lowest BCUT2D eigenvalue weighted by molar-refractivity contribution is -0.120. The second kappa shape index (κ2) is 4.72. The molecule has 3 N–H and O–H groups in total. The van der Waals surface area contributed by atoms with Gasteiger partial charge in [0, 0.05) is 19.6 Å². The third-order valence-electron chi connectivity index (χ3n) is 2.00. The smallest absolute Gasteiger partial charge is 0.235 e. The van der Waals surface area contributed by atoms with Crippen molar-refractivity contribution in [1.82, 2.24) is 9.62 Å². The highest BCUT2D eigenvalue weighted by Gasteiger charge is 2.25. The van der Waals surface area contributed by atoms with Gasteiger partial charge < -0.3 is 11.1 Å². The predicted molar refractivity (Wildman–Crippen MR) is 52.0 cm³/mol. The number of amides is 1. The second-order valence-electron chi connectivity index (χ2n) is 3.14. The van der Waals surface area contributed by atoms with Gasteiger partial charge in [-0.25, -0.2) is 8.42 Å². The van der Waals surface area contributed by atoms with E-state index in [2.05, 4.69) is 5.32 Å². The third kappa shape index (κ3) is 2.93. The number of carbonyl (C=O) groups excluding carboxylic acids is 1. The maximum absolute atomic E-state index is 11.5. The van der Waals surface area contributed by atoms with E-state index in [9.17, 15) is 13.2 Å². The summed E-state index contributed by atoms with van der Waals surface area (Å²) in [6, 6.07) is 0. The van der Waals surface area contributed by atoms with Crippen LogP contribution in [-0.2, 0) is 14.8 Å². The minimum Gasteiger partial charge on any atom is -0.355 e. The van der Waals surface area contributed by atoms with Gasteiger partial charge in [0.15, 0.2) is 0 Å². The molecule has 0 aromatic rings. The molecular formula is C7H15N3O3S. The third-order valence-corrected chi connectivity index (χ3v) is 3.85. The van der Waals surface area contributed by atoms with Crippen LogP contribution in [0, 0.1) is 0 Å². The molecule has 7 heteroatoms. The van der Waals surface area contributed by atoms with Crippen LogP contribution in [0.15, 0.2) is 0 Å². The van der Waals surface area contributed by atoms with Crippen molar-refractivity contribution in [3.8, 4) is 0 Å². The Morgan fingerprint density at radius 3 is 2.86 bits per heavy atom. The van der Waals surface area contributed by atoms with E-state index in [-0.39, 0.29) is 24.7 Å². The molecule has 0 unspecified atom stereocenters. The van der Waals surface area contributed by atoms with Crippen LogP contribution in [0.2, 0.25) is 0 Å². The molecule has 0 spiro atoms. The Balaban J connectivity index is 2.70. The van der Waals surface area contributed by atoms with Crippen LogP contribution < -0.4 is 11.1 Å². The molecule has 82 valence electrons. The molecular weight excluding hydrogens is 206 g/mol. The van der Waals surface area contributed by atoms with E-state index < -0.39 is 10.0 Å². The zero-order chi connectivity index (χ0) is 10.6. The Morgan fingerprint density at radius 2 is 2.21 bits per heavy atom. The van der Waals surface area contributed by atoms with E-state index in [1.807, 2.05) is 0 Å². The number of hydrogen-bond acceptors (Lipinski definition) is 4. The van der Waals surface area contributed by atoms with Crippen molar-refractivity contribution < 1.29 is 13.2 Å². The Kier molecular flexibility index (Phi) is 3.85. The highest BCUT2D eigenvalue weighted by molar-refractivity contribution is 7.89. The standard InChI is InChI=1S/C7H15N3O3S/c8-2-5-14(12,13)10-4-1-3-9-7(11)6-10/h1-6,8H2,(H,9,11). The van der Waals surface area contributed by atoms with Crippen LogP contribution in [0.1, 0.15) is 6.42 Å². The quantitative estimate of drug-likeness (QED) is 0.582. The summed E-state index contributed by atoms with van der Waals surface area (Å²) in [6.07, 6.45) is 0.648. The number of hydrogen-bond donors (Lipinski definition) is 2. The van der Waals surface area contributed by atoms with E-state index in [4.69, 9.17) is 5.73 Å². The van der Waals surface area contributed by atoms with Gasteiger partial charge in [0.05, 0.1) is 12.3 Å². The van der Waals surface area contributed by atoms with Gasteiger partial charge in [0.25, 0.3) is 0 Å². The number of carbonyl (C=O) groups is 1. The summed E-state index contributed by atoms with van der Waals surface area (Å²) >= 11 is 0. The molecule has 1 amide bonds. The number of rotatable bonds is 3. The zero-order valence-electron chi connectivity index (χ0n) is 7.90. The molecule has 6 nitrogen and oxygen atoms in total. The molecule has 14 heavy (non-hydrogen) atoms. The summed E-state index contributed by atoms with van der Waals surface area (Å²) in [5, 5.41) is 2.61. The molecule has 1 aliphatic heterocycles. The van der Waals surface area contributed by atoms with Crippen LogP contribution >= 0.6 is 0 Å². The van der Waals surface area contributed by atoms with Crippen LogP contribution in [0.25, 0.3) is 0 Å². The first kappa shape index (κ1) is 11.4. The molecule has 1 saturated heterocycles. The predicted octanol–water partition coefficient (Wildman–Crippen LogP) is -1.90.